The van der Waals surface area contributed by atoms with Crippen LogP contribution in [0.5, 0.6) is 0 Å². The Morgan fingerprint density at radius 2 is 1.11 bits per heavy atom. The predicted molar refractivity (Wildman–Crippen MR) is 69.8 cm³/mol. The van der Waals surface area contributed by atoms with Crippen molar-refractivity contribution in [1.29, 1.82) is 0 Å². The van der Waals surface area contributed by atoms with Gasteiger partial charge in [0, 0.05) is 51.0 Å². The summed E-state index contributed by atoms with van der Waals surface area (Å²) >= 11 is 0. The third-order valence-electron chi connectivity index (χ3n) is 1.92. The molecule has 2 N–H and O–H groups in total. The Balaban J connectivity index is 0.000000135. The molecule has 1 fully saturated rings. The maximum atomic E-state index is 3.67. The highest BCUT2D eigenvalue weighted by Crippen LogP contribution is 1.68. The van der Waals surface area contributed by atoms with Crippen molar-refractivity contribution in [3.8, 4) is 0 Å². The average molecular weight is 246 g/mol. The van der Waals surface area contributed by atoms with Gasteiger partial charge in [0.15, 0.2) is 0 Å². The Kier molecular flexibility index (Phi) is 9.08. The van der Waals surface area contributed by atoms with Gasteiger partial charge < -0.3 is 10.6 Å². The molecular weight excluding hydrogens is 228 g/mol. The second-order valence-electron chi connectivity index (χ2n) is 3.32. The first-order chi connectivity index (χ1) is 9.00. The van der Waals surface area contributed by atoms with E-state index in [0.717, 1.165) is 26.2 Å². The fourth-order valence-electron chi connectivity index (χ4n) is 1.11. The fraction of sp³-hybridized carbons (Fsp3) is 0.333. The van der Waals surface area contributed by atoms with E-state index < -0.39 is 0 Å². The summed E-state index contributed by atoms with van der Waals surface area (Å²) in [6.45, 7) is 4.56. The SMILES string of the molecule is C1CNCCN1.c1ccnnc1.c1cncnc1. The monoisotopic (exact) mass is 246 g/mol. The lowest BCUT2D eigenvalue weighted by Crippen LogP contribution is -2.39. The molecule has 3 rings (SSSR count). The van der Waals surface area contributed by atoms with E-state index in [1.807, 2.05) is 12.1 Å². The zero-order chi connectivity index (χ0) is 12.7. The highest BCUT2D eigenvalue weighted by molar-refractivity contribution is 4.79. The third kappa shape index (κ3) is 9.32. The van der Waals surface area contributed by atoms with Crippen molar-refractivity contribution in [3.05, 3.63) is 49.3 Å². The van der Waals surface area contributed by atoms with Gasteiger partial charge in [-0.05, 0) is 18.2 Å². The van der Waals surface area contributed by atoms with Gasteiger partial charge in [-0.3, -0.25) is 0 Å². The molecule has 96 valence electrons. The molecule has 0 unspecified atom stereocenters. The molecule has 0 aliphatic carbocycles. The number of hydrogen-bond donors (Lipinski definition) is 2. The van der Waals surface area contributed by atoms with Gasteiger partial charge >= 0.3 is 0 Å². The molecule has 6 nitrogen and oxygen atoms in total. The van der Waals surface area contributed by atoms with E-state index in [1.54, 1.807) is 30.9 Å². The third-order valence-corrected chi connectivity index (χ3v) is 1.92. The zero-order valence-electron chi connectivity index (χ0n) is 10.2. The van der Waals surface area contributed by atoms with Crippen LogP contribution in [0.4, 0.5) is 0 Å². The minimum absolute atomic E-state index is 1.14. The molecule has 2 aromatic heterocycles. The Hall–Kier alpha value is -1.92. The molecule has 6 heteroatoms. The van der Waals surface area contributed by atoms with E-state index in [9.17, 15) is 0 Å². The van der Waals surface area contributed by atoms with E-state index in [4.69, 9.17) is 0 Å². The lowest BCUT2D eigenvalue weighted by molar-refractivity contribution is 0.534. The van der Waals surface area contributed by atoms with Gasteiger partial charge in [-0.2, -0.15) is 10.2 Å². The van der Waals surface area contributed by atoms with Gasteiger partial charge in [-0.25, -0.2) is 9.97 Å². The summed E-state index contributed by atoms with van der Waals surface area (Å²) in [5, 5.41) is 13.5. The van der Waals surface area contributed by atoms with Crippen molar-refractivity contribution in [3.63, 3.8) is 0 Å². The van der Waals surface area contributed by atoms with Crippen LogP contribution in [0.25, 0.3) is 0 Å². The van der Waals surface area contributed by atoms with E-state index in [-0.39, 0.29) is 0 Å². The van der Waals surface area contributed by atoms with Crippen LogP contribution in [0, 0.1) is 0 Å². The largest absolute Gasteiger partial charge is 0.314 e. The minimum atomic E-state index is 1.14. The van der Waals surface area contributed by atoms with E-state index in [1.165, 1.54) is 6.33 Å². The Morgan fingerprint density at radius 1 is 0.611 bits per heavy atom. The van der Waals surface area contributed by atoms with Crippen molar-refractivity contribution in [2.45, 2.75) is 0 Å². The van der Waals surface area contributed by atoms with Gasteiger partial charge in [0.05, 0.1) is 0 Å². The second kappa shape index (κ2) is 11.6. The lowest BCUT2D eigenvalue weighted by atomic mass is 10.4. The first kappa shape index (κ1) is 14.1. The highest BCUT2D eigenvalue weighted by atomic mass is 15.1. The number of nitrogens with zero attached hydrogens (tertiary/aromatic N) is 4. The molecule has 1 aliphatic heterocycles. The normalized spacial score (nSPS) is 13.3. The van der Waals surface area contributed by atoms with Crippen molar-refractivity contribution in [1.82, 2.24) is 30.8 Å². The summed E-state index contributed by atoms with van der Waals surface area (Å²) in [4.78, 5) is 7.35. The quantitative estimate of drug-likeness (QED) is 0.688. The maximum Gasteiger partial charge on any atom is 0.115 e. The van der Waals surface area contributed by atoms with Crippen LogP contribution in [0.1, 0.15) is 0 Å². The Morgan fingerprint density at radius 3 is 1.28 bits per heavy atom. The van der Waals surface area contributed by atoms with Crippen LogP contribution < -0.4 is 10.6 Å². The smallest absolute Gasteiger partial charge is 0.115 e. The number of piperazine rings is 1. The molecule has 2 aromatic rings. The van der Waals surface area contributed by atoms with Gasteiger partial charge in [-0.1, -0.05) is 0 Å². The molecule has 0 bridgehead atoms. The van der Waals surface area contributed by atoms with Gasteiger partial charge in [0.25, 0.3) is 0 Å². The molecule has 0 saturated carbocycles. The molecule has 1 aliphatic rings. The minimum Gasteiger partial charge on any atom is -0.314 e. The summed E-state index contributed by atoms with van der Waals surface area (Å²) in [5.74, 6) is 0. The van der Waals surface area contributed by atoms with Crippen LogP contribution in [0.15, 0.2) is 49.3 Å². The maximum absolute atomic E-state index is 3.67. The van der Waals surface area contributed by atoms with Crippen LogP contribution in [0.2, 0.25) is 0 Å². The van der Waals surface area contributed by atoms with E-state index in [2.05, 4.69) is 30.8 Å². The first-order valence-electron chi connectivity index (χ1n) is 5.83. The number of nitrogens with one attached hydrogen (secondary N) is 2. The summed E-state index contributed by atoms with van der Waals surface area (Å²) < 4.78 is 0. The molecule has 18 heavy (non-hydrogen) atoms. The van der Waals surface area contributed by atoms with Crippen molar-refractivity contribution < 1.29 is 0 Å². The molecule has 1 saturated heterocycles. The van der Waals surface area contributed by atoms with Gasteiger partial charge in [0.2, 0.25) is 0 Å². The van der Waals surface area contributed by atoms with Crippen LogP contribution in [0.3, 0.4) is 0 Å². The van der Waals surface area contributed by atoms with Crippen molar-refractivity contribution in [2.24, 2.45) is 0 Å². The molecule has 0 atom stereocenters. The molecule has 0 aromatic carbocycles. The summed E-state index contributed by atoms with van der Waals surface area (Å²) in [6, 6.07) is 5.43. The van der Waals surface area contributed by atoms with Crippen LogP contribution >= 0.6 is 0 Å². The molecule has 0 spiro atoms. The summed E-state index contributed by atoms with van der Waals surface area (Å²) in [5.41, 5.74) is 0. The van der Waals surface area contributed by atoms with Crippen LogP contribution in [-0.2, 0) is 0 Å². The highest BCUT2D eigenvalue weighted by Gasteiger charge is 1.91. The number of hydrogen-bond acceptors (Lipinski definition) is 6. The Labute approximate surface area is 107 Å². The van der Waals surface area contributed by atoms with E-state index >= 15 is 0 Å². The molecule has 3 heterocycles. The summed E-state index contributed by atoms with van der Waals surface area (Å²) in [6.07, 6.45) is 8.15. The van der Waals surface area contributed by atoms with Crippen LogP contribution in [-0.4, -0.2) is 46.3 Å². The number of aromatic nitrogens is 4. The predicted octanol–water partition coefficient (Wildman–Crippen LogP) is 0.132. The zero-order valence-corrected chi connectivity index (χ0v) is 10.2. The molecule has 0 amide bonds. The standard InChI is InChI=1S/C4H10N2.2C4H4N2/c1-2-6-4-3-5-1;1-2-5-4-6-3-1;1-2-4-6-5-3-1/h5-6H,1-4H2;2*1-4H. The number of rotatable bonds is 0. The fourth-order valence-corrected chi connectivity index (χ4v) is 1.11. The Bertz CT molecular complexity index is 255. The van der Waals surface area contributed by atoms with Crippen molar-refractivity contribution >= 4 is 0 Å². The van der Waals surface area contributed by atoms with Gasteiger partial charge in [0.1, 0.15) is 6.33 Å². The first-order valence-corrected chi connectivity index (χ1v) is 5.83. The van der Waals surface area contributed by atoms with E-state index in [0.29, 0.717) is 0 Å². The van der Waals surface area contributed by atoms with Gasteiger partial charge in [-0.15, -0.1) is 0 Å². The second-order valence-corrected chi connectivity index (χ2v) is 3.32. The average Bonchev–Trinajstić information content (AvgIpc) is 2.54. The molecular formula is C12H18N6. The topological polar surface area (TPSA) is 75.6 Å². The lowest BCUT2D eigenvalue weighted by Gasteiger charge is -2.11. The van der Waals surface area contributed by atoms with Crippen molar-refractivity contribution in [2.75, 3.05) is 26.2 Å². The summed E-state index contributed by atoms with van der Waals surface area (Å²) in [7, 11) is 0. The molecule has 0 radical (unpaired) electrons.